The third-order valence-corrected chi connectivity index (χ3v) is 4.61. The highest BCUT2D eigenvalue weighted by Crippen LogP contribution is 2.47. The van der Waals surface area contributed by atoms with Crippen molar-refractivity contribution >= 4 is 34.0 Å². The third-order valence-electron chi connectivity index (χ3n) is 3.22. The molecule has 7 heteroatoms. The SMILES string of the molecule is CCN1c2cc(OC)c([N+](=O)[O-])cc2C(C#N)C1I. The van der Waals surface area contributed by atoms with Gasteiger partial charge in [-0.3, -0.25) is 10.1 Å². The van der Waals surface area contributed by atoms with Crippen molar-refractivity contribution < 1.29 is 9.66 Å². The number of benzene rings is 1. The van der Waals surface area contributed by atoms with E-state index in [1.807, 2.05) is 6.92 Å². The van der Waals surface area contributed by atoms with E-state index >= 15 is 0 Å². The van der Waals surface area contributed by atoms with Crippen LogP contribution in [-0.2, 0) is 0 Å². The summed E-state index contributed by atoms with van der Waals surface area (Å²) in [4.78, 5) is 12.6. The van der Waals surface area contributed by atoms with E-state index in [1.54, 1.807) is 6.07 Å². The Labute approximate surface area is 124 Å². The number of fused-ring (bicyclic) bond motifs is 1. The molecule has 0 saturated carbocycles. The molecule has 1 aromatic rings. The number of nitro groups is 1. The number of nitriles is 1. The first-order valence-corrected chi connectivity index (χ1v) is 6.96. The van der Waals surface area contributed by atoms with Gasteiger partial charge in [-0.05, 0) is 6.92 Å². The summed E-state index contributed by atoms with van der Waals surface area (Å²) >= 11 is 2.20. The predicted octanol–water partition coefficient (Wildman–Crippen LogP) is 2.81. The molecule has 0 aromatic heterocycles. The van der Waals surface area contributed by atoms with Gasteiger partial charge in [0, 0.05) is 29.9 Å². The van der Waals surface area contributed by atoms with Crippen LogP contribution in [0, 0.1) is 21.4 Å². The van der Waals surface area contributed by atoms with Crippen LogP contribution >= 0.6 is 22.6 Å². The molecular weight excluding hydrogens is 361 g/mol. The van der Waals surface area contributed by atoms with Crippen molar-refractivity contribution in [2.24, 2.45) is 0 Å². The number of halogens is 1. The van der Waals surface area contributed by atoms with E-state index in [1.165, 1.54) is 13.2 Å². The Bertz CT molecular complexity index is 570. The van der Waals surface area contributed by atoms with E-state index in [0.717, 1.165) is 12.2 Å². The Morgan fingerprint density at radius 3 is 2.79 bits per heavy atom. The number of ether oxygens (including phenoxy) is 1. The highest BCUT2D eigenvalue weighted by Gasteiger charge is 2.38. The van der Waals surface area contributed by atoms with Gasteiger partial charge in [-0.15, -0.1) is 0 Å². The van der Waals surface area contributed by atoms with Crippen LogP contribution < -0.4 is 9.64 Å². The number of hydrogen-bond donors (Lipinski definition) is 0. The van der Waals surface area contributed by atoms with Gasteiger partial charge in [-0.25, -0.2) is 0 Å². The lowest BCUT2D eigenvalue weighted by Gasteiger charge is -2.22. The number of nitro benzene ring substituents is 1. The first-order chi connectivity index (χ1) is 9.04. The maximum atomic E-state index is 11.0. The van der Waals surface area contributed by atoms with Crippen molar-refractivity contribution in [3.05, 3.63) is 27.8 Å². The monoisotopic (exact) mass is 373 g/mol. The molecule has 1 aromatic carbocycles. The molecule has 2 unspecified atom stereocenters. The molecule has 1 aliphatic rings. The zero-order chi connectivity index (χ0) is 14.2. The highest BCUT2D eigenvalue weighted by atomic mass is 127. The number of rotatable bonds is 3. The Kier molecular flexibility index (Phi) is 3.80. The average Bonchev–Trinajstić information content (AvgIpc) is 2.67. The second-order valence-corrected chi connectivity index (χ2v) is 5.38. The van der Waals surface area contributed by atoms with Crippen LogP contribution in [0.25, 0.3) is 0 Å². The average molecular weight is 373 g/mol. The van der Waals surface area contributed by atoms with E-state index in [9.17, 15) is 15.4 Å². The van der Waals surface area contributed by atoms with Crippen molar-refractivity contribution in [2.45, 2.75) is 16.9 Å². The summed E-state index contributed by atoms with van der Waals surface area (Å²) in [6, 6.07) is 5.34. The van der Waals surface area contributed by atoms with Crippen LogP contribution in [-0.4, -0.2) is 22.6 Å². The van der Waals surface area contributed by atoms with E-state index in [2.05, 4.69) is 33.6 Å². The molecular formula is C12H12IN3O3. The minimum Gasteiger partial charge on any atom is -0.490 e. The molecule has 2 atom stereocenters. The molecule has 0 N–H and O–H groups in total. The zero-order valence-corrected chi connectivity index (χ0v) is 12.6. The van der Waals surface area contributed by atoms with Gasteiger partial charge in [-0.2, -0.15) is 5.26 Å². The zero-order valence-electron chi connectivity index (χ0n) is 10.5. The molecule has 0 saturated heterocycles. The summed E-state index contributed by atoms with van der Waals surface area (Å²) in [5.41, 5.74) is 1.45. The number of likely N-dealkylation sites (N-methyl/N-ethyl adjacent to an activating group) is 1. The molecule has 0 fully saturated rings. The van der Waals surface area contributed by atoms with Crippen LogP contribution in [0.4, 0.5) is 11.4 Å². The fraction of sp³-hybridized carbons (Fsp3) is 0.417. The van der Waals surface area contributed by atoms with Crippen molar-refractivity contribution in [3.63, 3.8) is 0 Å². The smallest absolute Gasteiger partial charge is 0.311 e. The molecule has 0 bridgehead atoms. The van der Waals surface area contributed by atoms with Crippen LogP contribution in [0.15, 0.2) is 12.1 Å². The molecule has 100 valence electrons. The van der Waals surface area contributed by atoms with E-state index in [0.29, 0.717) is 5.56 Å². The lowest BCUT2D eigenvalue weighted by atomic mass is 10.0. The second-order valence-electron chi connectivity index (χ2n) is 4.11. The maximum Gasteiger partial charge on any atom is 0.311 e. The Morgan fingerprint density at radius 1 is 1.63 bits per heavy atom. The molecule has 19 heavy (non-hydrogen) atoms. The molecule has 0 spiro atoms. The lowest BCUT2D eigenvalue weighted by Crippen LogP contribution is -2.28. The first kappa shape index (κ1) is 13.9. The summed E-state index contributed by atoms with van der Waals surface area (Å²) in [6.07, 6.45) is 0. The number of methoxy groups -OCH3 is 1. The largest absolute Gasteiger partial charge is 0.490 e. The topological polar surface area (TPSA) is 79.4 Å². The van der Waals surface area contributed by atoms with Gasteiger partial charge >= 0.3 is 5.69 Å². The summed E-state index contributed by atoms with van der Waals surface area (Å²) in [5.74, 6) is -0.135. The summed E-state index contributed by atoms with van der Waals surface area (Å²) < 4.78 is 5.06. The van der Waals surface area contributed by atoms with Crippen molar-refractivity contribution in [3.8, 4) is 11.8 Å². The maximum absolute atomic E-state index is 11.0. The van der Waals surface area contributed by atoms with Crippen LogP contribution in [0.1, 0.15) is 18.4 Å². The van der Waals surface area contributed by atoms with Gasteiger partial charge < -0.3 is 9.64 Å². The molecule has 2 rings (SSSR count). The number of nitrogens with zero attached hydrogens (tertiary/aromatic N) is 3. The number of anilines is 1. The van der Waals surface area contributed by atoms with Crippen molar-refractivity contribution in [1.29, 1.82) is 5.26 Å². The quantitative estimate of drug-likeness (QED) is 0.268. The highest BCUT2D eigenvalue weighted by molar-refractivity contribution is 14.1. The minimum atomic E-state index is -0.482. The van der Waals surface area contributed by atoms with Gasteiger partial charge in [-0.1, -0.05) is 22.6 Å². The molecule has 0 radical (unpaired) electrons. The first-order valence-electron chi connectivity index (χ1n) is 5.71. The van der Waals surface area contributed by atoms with Gasteiger partial charge in [0.2, 0.25) is 0 Å². The summed E-state index contributed by atoms with van der Waals surface area (Å²) in [6.45, 7) is 2.73. The number of alkyl halides is 1. The minimum absolute atomic E-state index is 0.0192. The van der Waals surface area contributed by atoms with Crippen LogP contribution in [0.3, 0.4) is 0 Å². The molecule has 1 aliphatic heterocycles. The van der Waals surface area contributed by atoms with Gasteiger partial charge in [0.25, 0.3) is 0 Å². The Morgan fingerprint density at radius 2 is 2.32 bits per heavy atom. The summed E-state index contributed by atoms with van der Waals surface area (Å²) in [7, 11) is 1.41. The van der Waals surface area contributed by atoms with Crippen molar-refractivity contribution in [2.75, 3.05) is 18.6 Å². The molecule has 0 amide bonds. The van der Waals surface area contributed by atoms with E-state index < -0.39 is 4.92 Å². The predicted molar refractivity (Wildman–Crippen MR) is 78.8 cm³/mol. The Hall–Kier alpha value is -1.56. The summed E-state index contributed by atoms with van der Waals surface area (Å²) in [5, 5.41) is 20.3. The molecule has 6 nitrogen and oxygen atoms in total. The fourth-order valence-corrected chi connectivity index (χ4v) is 3.56. The van der Waals surface area contributed by atoms with Gasteiger partial charge in [0.15, 0.2) is 5.75 Å². The Balaban J connectivity index is 2.65. The molecule has 0 aliphatic carbocycles. The fourth-order valence-electron chi connectivity index (χ4n) is 2.31. The van der Waals surface area contributed by atoms with Gasteiger partial charge in [0.1, 0.15) is 9.97 Å². The van der Waals surface area contributed by atoms with Crippen LogP contribution in [0.2, 0.25) is 0 Å². The molecule has 1 heterocycles. The normalized spacial score (nSPS) is 20.8. The van der Waals surface area contributed by atoms with Crippen molar-refractivity contribution in [1.82, 2.24) is 0 Å². The standard InChI is InChI=1S/C12H12IN3O3/c1-3-15-9-5-11(19-2)10(16(17)18)4-7(9)8(6-14)12(15)13/h4-5,8,12H,3H2,1-2H3. The second kappa shape index (κ2) is 5.21. The lowest BCUT2D eigenvalue weighted by molar-refractivity contribution is -0.385. The van der Waals surface area contributed by atoms with Gasteiger partial charge in [0.05, 0.1) is 18.1 Å². The van der Waals surface area contributed by atoms with Crippen LogP contribution in [0.5, 0.6) is 5.75 Å². The van der Waals surface area contributed by atoms with E-state index in [-0.39, 0.29) is 21.4 Å². The third kappa shape index (κ3) is 2.10. The number of hydrogen-bond acceptors (Lipinski definition) is 5. The van der Waals surface area contributed by atoms with E-state index in [4.69, 9.17) is 4.74 Å².